The molecule has 1 saturated heterocycles. The number of urea groups is 1. The second-order valence-corrected chi connectivity index (χ2v) is 7.24. The van der Waals surface area contributed by atoms with Gasteiger partial charge in [-0.15, -0.1) is 11.3 Å². The van der Waals surface area contributed by atoms with Crippen LogP contribution < -0.4 is 5.32 Å². The molecular formula is C21H20N2OS. The van der Waals surface area contributed by atoms with Crippen molar-refractivity contribution in [3.8, 4) is 10.4 Å². The summed E-state index contributed by atoms with van der Waals surface area (Å²) in [4.78, 5) is 15.8. The van der Waals surface area contributed by atoms with E-state index in [1.54, 1.807) is 11.3 Å². The molecule has 1 aromatic heterocycles. The van der Waals surface area contributed by atoms with Crippen molar-refractivity contribution in [2.24, 2.45) is 0 Å². The van der Waals surface area contributed by atoms with Crippen LogP contribution in [0.1, 0.15) is 17.9 Å². The Kier molecular flexibility index (Phi) is 4.53. The number of para-hydroxylation sites is 1. The highest BCUT2D eigenvalue weighted by Crippen LogP contribution is 2.32. The molecule has 0 spiro atoms. The van der Waals surface area contributed by atoms with Gasteiger partial charge in [0.25, 0.3) is 0 Å². The minimum absolute atomic E-state index is 0.0116. The largest absolute Gasteiger partial charge is 0.324 e. The topological polar surface area (TPSA) is 32.3 Å². The van der Waals surface area contributed by atoms with Crippen LogP contribution in [0.2, 0.25) is 0 Å². The average molecular weight is 348 g/mol. The number of nitrogens with zero attached hydrogens (tertiary/aromatic N) is 1. The predicted octanol–water partition coefficient (Wildman–Crippen LogP) is 5.44. The summed E-state index contributed by atoms with van der Waals surface area (Å²) < 4.78 is 0. The second-order valence-electron chi connectivity index (χ2n) is 6.30. The molecule has 0 bridgehead atoms. The van der Waals surface area contributed by atoms with E-state index in [-0.39, 0.29) is 6.03 Å². The molecule has 3 nitrogen and oxygen atoms in total. The third-order valence-corrected chi connectivity index (χ3v) is 5.60. The minimum atomic E-state index is -0.0116. The van der Waals surface area contributed by atoms with Gasteiger partial charge in [-0.3, -0.25) is 0 Å². The summed E-state index contributed by atoms with van der Waals surface area (Å²) in [5, 5.41) is 5.16. The molecule has 1 fully saturated rings. The Morgan fingerprint density at radius 1 is 1.00 bits per heavy atom. The van der Waals surface area contributed by atoms with Gasteiger partial charge >= 0.3 is 6.03 Å². The molecule has 2 heterocycles. The summed E-state index contributed by atoms with van der Waals surface area (Å²) in [5.41, 5.74) is 3.26. The summed E-state index contributed by atoms with van der Waals surface area (Å²) >= 11 is 1.68. The summed E-state index contributed by atoms with van der Waals surface area (Å²) in [6, 6.07) is 22.6. The standard InChI is InChI=1S/C21H20N2OS/c24-21(23-13-12-17(15-23)16-7-2-1-3-8-16)22-19-10-5-4-9-18(19)20-11-6-14-25-20/h1-11,14,17H,12-13,15H2,(H,22,24)/t17-/m0/s1. The highest BCUT2D eigenvalue weighted by molar-refractivity contribution is 7.13. The van der Waals surface area contributed by atoms with Gasteiger partial charge in [0.05, 0.1) is 5.69 Å². The number of hydrogen-bond acceptors (Lipinski definition) is 2. The van der Waals surface area contributed by atoms with Gasteiger partial charge in [-0.25, -0.2) is 4.79 Å². The quantitative estimate of drug-likeness (QED) is 0.672. The number of benzene rings is 2. The summed E-state index contributed by atoms with van der Waals surface area (Å²) in [6.45, 7) is 1.57. The van der Waals surface area contributed by atoms with E-state index in [0.29, 0.717) is 5.92 Å². The lowest BCUT2D eigenvalue weighted by Crippen LogP contribution is -2.32. The zero-order chi connectivity index (χ0) is 17.1. The SMILES string of the molecule is O=C(Nc1ccccc1-c1cccs1)N1CC[C@H](c2ccccc2)C1. The van der Waals surface area contributed by atoms with Crippen molar-refractivity contribution in [1.82, 2.24) is 4.90 Å². The number of carbonyl (C=O) groups excluding carboxylic acids is 1. The van der Waals surface area contributed by atoms with Gasteiger partial charge < -0.3 is 10.2 Å². The maximum atomic E-state index is 12.7. The van der Waals surface area contributed by atoms with E-state index in [0.717, 1.165) is 30.8 Å². The molecule has 0 radical (unpaired) electrons. The fraction of sp³-hybridized carbons (Fsp3) is 0.190. The normalized spacial score (nSPS) is 16.8. The molecule has 25 heavy (non-hydrogen) atoms. The van der Waals surface area contributed by atoms with Crippen molar-refractivity contribution < 1.29 is 4.79 Å². The van der Waals surface area contributed by atoms with Crippen LogP contribution in [0.15, 0.2) is 72.1 Å². The first kappa shape index (κ1) is 15.9. The molecule has 2 aromatic carbocycles. The van der Waals surface area contributed by atoms with Crippen molar-refractivity contribution in [2.75, 3.05) is 18.4 Å². The number of hydrogen-bond donors (Lipinski definition) is 1. The number of thiophene rings is 1. The van der Waals surface area contributed by atoms with Gasteiger partial charge in [0.15, 0.2) is 0 Å². The molecule has 1 N–H and O–H groups in total. The first-order valence-corrected chi connectivity index (χ1v) is 9.43. The van der Waals surface area contributed by atoms with E-state index < -0.39 is 0 Å². The Morgan fingerprint density at radius 3 is 2.60 bits per heavy atom. The first-order valence-electron chi connectivity index (χ1n) is 8.55. The van der Waals surface area contributed by atoms with Crippen LogP contribution >= 0.6 is 11.3 Å². The summed E-state index contributed by atoms with van der Waals surface area (Å²) in [5.74, 6) is 0.430. The molecule has 4 rings (SSSR count). The summed E-state index contributed by atoms with van der Waals surface area (Å²) in [7, 11) is 0. The Hall–Kier alpha value is -2.59. The fourth-order valence-electron chi connectivity index (χ4n) is 3.38. The molecule has 0 saturated carbocycles. The Morgan fingerprint density at radius 2 is 1.80 bits per heavy atom. The van der Waals surface area contributed by atoms with Crippen LogP contribution in [0.3, 0.4) is 0 Å². The van der Waals surface area contributed by atoms with Crippen molar-refractivity contribution in [2.45, 2.75) is 12.3 Å². The van der Waals surface area contributed by atoms with Crippen LogP contribution in [0.4, 0.5) is 10.5 Å². The maximum Gasteiger partial charge on any atom is 0.321 e. The zero-order valence-corrected chi connectivity index (χ0v) is 14.7. The van der Waals surface area contributed by atoms with Crippen molar-refractivity contribution >= 4 is 23.1 Å². The van der Waals surface area contributed by atoms with Crippen molar-refractivity contribution in [3.05, 3.63) is 77.7 Å². The van der Waals surface area contributed by atoms with E-state index in [4.69, 9.17) is 0 Å². The number of carbonyl (C=O) groups is 1. The van der Waals surface area contributed by atoms with E-state index in [2.05, 4.69) is 47.1 Å². The monoisotopic (exact) mass is 348 g/mol. The van der Waals surface area contributed by atoms with E-state index >= 15 is 0 Å². The van der Waals surface area contributed by atoms with Crippen LogP contribution in [0, 0.1) is 0 Å². The number of amides is 2. The van der Waals surface area contributed by atoms with Crippen molar-refractivity contribution in [1.29, 1.82) is 0 Å². The van der Waals surface area contributed by atoms with Gasteiger partial charge in [0, 0.05) is 29.4 Å². The molecular weight excluding hydrogens is 328 g/mol. The van der Waals surface area contributed by atoms with Gasteiger partial charge in [0.2, 0.25) is 0 Å². The first-order chi connectivity index (χ1) is 12.3. The molecule has 0 aliphatic carbocycles. The predicted molar refractivity (Wildman–Crippen MR) is 104 cm³/mol. The number of likely N-dealkylation sites (tertiary alicyclic amines) is 1. The third-order valence-electron chi connectivity index (χ3n) is 4.70. The lowest BCUT2D eigenvalue weighted by Gasteiger charge is -2.19. The van der Waals surface area contributed by atoms with Crippen molar-refractivity contribution in [3.63, 3.8) is 0 Å². The van der Waals surface area contributed by atoms with Crippen LogP contribution in [0.25, 0.3) is 10.4 Å². The Bertz CT molecular complexity index is 845. The number of nitrogens with one attached hydrogen (secondary N) is 1. The molecule has 1 aliphatic heterocycles. The van der Waals surface area contributed by atoms with Gasteiger partial charge in [-0.2, -0.15) is 0 Å². The Labute approximate surface area is 151 Å². The van der Waals surface area contributed by atoms with Crippen LogP contribution in [0.5, 0.6) is 0 Å². The van der Waals surface area contributed by atoms with Crippen LogP contribution in [-0.2, 0) is 0 Å². The zero-order valence-electron chi connectivity index (χ0n) is 13.9. The Balaban J connectivity index is 1.47. The highest BCUT2D eigenvalue weighted by Gasteiger charge is 2.27. The lowest BCUT2D eigenvalue weighted by molar-refractivity contribution is 0.222. The molecule has 1 atom stereocenters. The molecule has 0 unspecified atom stereocenters. The highest BCUT2D eigenvalue weighted by atomic mass is 32.1. The molecule has 126 valence electrons. The van der Waals surface area contributed by atoms with Gasteiger partial charge in [-0.1, -0.05) is 54.6 Å². The fourth-order valence-corrected chi connectivity index (χ4v) is 4.14. The third kappa shape index (κ3) is 3.44. The maximum absolute atomic E-state index is 12.7. The minimum Gasteiger partial charge on any atom is -0.324 e. The number of rotatable bonds is 3. The lowest BCUT2D eigenvalue weighted by atomic mass is 9.99. The average Bonchev–Trinajstić information content (AvgIpc) is 3.35. The van der Waals surface area contributed by atoms with Crippen LogP contribution in [-0.4, -0.2) is 24.0 Å². The second kappa shape index (κ2) is 7.11. The van der Waals surface area contributed by atoms with Gasteiger partial charge in [-0.05, 0) is 29.5 Å². The molecule has 3 aromatic rings. The van der Waals surface area contributed by atoms with Gasteiger partial charge in [0.1, 0.15) is 0 Å². The number of anilines is 1. The van der Waals surface area contributed by atoms with E-state index in [1.165, 1.54) is 10.4 Å². The van der Waals surface area contributed by atoms with E-state index in [1.807, 2.05) is 35.2 Å². The van der Waals surface area contributed by atoms with E-state index in [9.17, 15) is 4.79 Å². The molecule has 2 amide bonds. The summed E-state index contributed by atoms with van der Waals surface area (Å²) in [6.07, 6.45) is 1.02. The molecule has 1 aliphatic rings. The molecule has 4 heteroatoms. The smallest absolute Gasteiger partial charge is 0.321 e.